The predicted octanol–water partition coefficient (Wildman–Crippen LogP) is 4.44. The molecule has 0 unspecified atom stereocenters. The van der Waals surface area contributed by atoms with E-state index in [9.17, 15) is 15.2 Å². The number of non-ortho nitro benzene ring substituents is 1. The maximum atomic E-state index is 11.0. The summed E-state index contributed by atoms with van der Waals surface area (Å²) in [4.78, 5) is 15.1. The van der Waals surface area contributed by atoms with E-state index < -0.39 is 4.92 Å². The predicted molar refractivity (Wildman–Crippen MR) is 95.6 cm³/mol. The molecule has 0 aliphatic carbocycles. The van der Waals surface area contributed by atoms with Crippen LogP contribution >= 0.6 is 11.3 Å². The SMILES string of the molecule is CNc1ccc([N+](=O)[O-])cc1-c1nc(-c2ccc(C)cc2O)cs1. The maximum Gasteiger partial charge on any atom is 0.270 e. The fourth-order valence-corrected chi connectivity index (χ4v) is 3.27. The van der Waals surface area contributed by atoms with Gasteiger partial charge in [-0.15, -0.1) is 11.3 Å². The molecule has 1 aromatic heterocycles. The van der Waals surface area contributed by atoms with Crippen molar-refractivity contribution in [2.24, 2.45) is 0 Å². The number of hydrogen-bond donors (Lipinski definition) is 2. The summed E-state index contributed by atoms with van der Waals surface area (Å²) in [5.74, 6) is 0.166. The van der Waals surface area contributed by atoms with E-state index in [1.807, 2.05) is 24.4 Å². The quantitative estimate of drug-likeness (QED) is 0.541. The van der Waals surface area contributed by atoms with Crippen LogP contribution in [-0.4, -0.2) is 22.1 Å². The highest BCUT2D eigenvalue weighted by Gasteiger charge is 2.16. The van der Waals surface area contributed by atoms with Crippen LogP contribution in [0.4, 0.5) is 11.4 Å². The molecule has 122 valence electrons. The van der Waals surface area contributed by atoms with Gasteiger partial charge in [-0.1, -0.05) is 6.07 Å². The summed E-state index contributed by atoms with van der Waals surface area (Å²) in [7, 11) is 1.75. The molecule has 0 saturated heterocycles. The molecular weight excluding hydrogens is 326 g/mol. The molecule has 0 saturated carbocycles. The molecule has 6 nitrogen and oxygen atoms in total. The van der Waals surface area contributed by atoms with Gasteiger partial charge in [0, 0.05) is 41.4 Å². The number of phenols is 1. The lowest BCUT2D eigenvalue weighted by molar-refractivity contribution is -0.384. The van der Waals surface area contributed by atoms with Gasteiger partial charge in [-0.25, -0.2) is 4.98 Å². The second-order valence-corrected chi connectivity index (χ2v) is 6.15. The number of phenolic OH excluding ortho intramolecular Hbond substituents is 1. The van der Waals surface area contributed by atoms with Crippen molar-refractivity contribution >= 4 is 22.7 Å². The summed E-state index contributed by atoms with van der Waals surface area (Å²) in [5, 5.41) is 26.6. The van der Waals surface area contributed by atoms with E-state index in [1.165, 1.54) is 23.5 Å². The van der Waals surface area contributed by atoms with Crippen LogP contribution in [0, 0.1) is 17.0 Å². The Hall–Kier alpha value is -2.93. The number of rotatable bonds is 4. The number of benzene rings is 2. The lowest BCUT2D eigenvalue weighted by Crippen LogP contribution is -1.94. The zero-order valence-electron chi connectivity index (χ0n) is 13.1. The van der Waals surface area contributed by atoms with E-state index in [2.05, 4.69) is 10.3 Å². The zero-order valence-corrected chi connectivity index (χ0v) is 13.9. The van der Waals surface area contributed by atoms with Crippen LogP contribution in [-0.2, 0) is 0 Å². The van der Waals surface area contributed by atoms with E-state index in [-0.39, 0.29) is 11.4 Å². The van der Waals surface area contributed by atoms with Gasteiger partial charge in [0.05, 0.1) is 10.6 Å². The number of thiazole rings is 1. The van der Waals surface area contributed by atoms with Crippen LogP contribution in [0.2, 0.25) is 0 Å². The Morgan fingerprint density at radius 1 is 1.21 bits per heavy atom. The number of aromatic hydroxyl groups is 1. The molecular formula is C17H15N3O3S. The van der Waals surface area contributed by atoms with Crippen molar-refractivity contribution in [3.63, 3.8) is 0 Å². The first-order valence-electron chi connectivity index (χ1n) is 7.21. The molecule has 0 aliphatic rings. The number of nitro benzene ring substituents is 1. The van der Waals surface area contributed by atoms with Crippen LogP contribution in [0.1, 0.15) is 5.56 Å². The number of nitrogens with zero attached hydrogens (tertiary/aromatic N) is 2. The van der Waals surface area contributed by atoms with Crippen molar-refractivity contribution in [2.45, 2.75) is 6.92 Å². The fourth-order valence-electron chi connectivity index (χ4n) is 2.42. The highest BCUT2D eigenvalue weighted by molar-refractivity contribution is 7.13. The number of aryl methyl sites for hydroxylation is 1. The summed E-state index contributed by atoms with van der Waals surface area (Å²) in [6, 6.07) is 10.0. The number of anilines is 1. The van der Waals surface area contributed by atoms with E-state index in [1.54, 1.807) is 19.2 Å². The monoisotopic (exact) mass is 341 g/mol. The largest absolute Gasteiger partial charge is 0.507 e. The molecule has 1 heterocycles. The first-order valence-corrected chi connectivity index (χ1v) is 8.09. The standard InChI is InChI=1S/C17H15N3O3S/c1-10-3-5-12(16(21)7-10)15-9-24-17(19-15)13-8-11(20(22)23)4-6-14(13)18-2/h3-9,18,21H,1-2H3. The molecule has 7 heteroatoms. The second-order valence-electron chi connectivity index (χ2n) is 5.30. The molecule has 0 spiro atoms. The smallest absolute Gasteiger partial charge is 0.270 e. The van der Waals surface area contributed by atoms with Crippen LogP contribution in [0.25, 0.3) is 21.8 Å². The van der Waals surface area contributed by atoms with Crippen molar-refractivity contribution < 1.29 is 10.0 Å². The molecule has 0 amide bonds. The van der Waals surface area contributed by atoms with Crippen molar-refractivity contribution in [3.8, 4) is 27.6 Å². The van der Waals surface area contributed by atoms with Gasteiger partial charge < -0.3 is 10.4 Å². The Balaban J connectivity index is 2.07. The van der Waals surface area contributed by atoms with E-state index in [0.29, 0.717) is 21.8 Å². The van der Waals surface area contributed by atoms with Gasteiger partial charge in [0.2, 0.25) is 0 Å². The second kappa shape index (κ2) is 6.29. The number of hydrogen-bond acceptors (Lipinski definition) is 6. The van der Waals surface area contributed by atoms with E-state index >= 15 is 0 Å². The first kappa shape index (κ1) is 15.9. The summed E-state index contributed by atoms with van der Waals surface area (Å²) >= 11 is 1.38. The summed E-state index contributed by atoms with van der Waals surface area (Å²) in [5.41, 5.74) is 3.67. The minimum absolute atomic E-state index is 0.0129. The molecule has 2 aromatic carbocycles. The molecule has 3 rings (SSSR count). The lowest BCUT2D eigenvalue weighted by Gasteiger charge is -2.06. The van der Waals surface area contributed by atoms with Gasteiger partial charge >= 0.3 is 0 Å². The summed E-state index contributed by atoms with van der Waals surface area (Å²) in [6.07, 6.45) is 0. The van der Waals surface area contributed by atoms with Crippen molar-refractivity contribution in [1.29, 1.82) is 0 Å². The van der Waals surface area contributed by atoms with E-state index in [0.717, 1.165) is 11.3 Å². The van der Waals surface area contributed by atoms with Gasteiger partial charge in [0.15, 0.2) is 0 Å². The van der Waals surface area contributed by atoms with Crippen LogP contribution in [0.15, 0.2) is 41.8 Å². The number of nitrogens with one attached hydrogen (secondary N) is 1. The third kappa shape index (κ3) is 2.93. The first-order chi connectivity index (χ1) is 11.5. The minimum Gasteiger partial charge on any atom is -0.507 e. The molecule has 0 bridgehead atoms. The van der Waals surface area contributed by atoms with Crippen molar-refractivity contribution in [3.05, 3.63) is 57.5 Å². The average molecular weight is 341 g/mol. The van der Waals surface area contributed by atoms with Crippen LogP contribution in [0.5, 0.6) is 5.75 Å². The van der Waals surface area contributed by atoms with Crippen molar-refractivity contribution in [2.75, 3.05) is 12.4 Å². The molecule has 0 aliphatic heterocycles. The Bertz CT molecular complexity index is 921. The maximum absolute atomic E-state index is 11.0. The Morgan fingerprint density at radius 3 is 2.67 bits per heavy atom. The van der Waals surface area contributed by atoms with Gasteiger partial charge in [0.1, 0.15) is 10.8 Å². The minimum atomic E-state index is -0.427. The summed E-state index contributed by atoms with van der Waals surface area (Å²) < 4.78 is 0. The molecule has 0 radical (unpaired) electrons. The third-order valence-corrected chi connectivity index (χ3v) is 4.52. The molecule has 0 fully saturated rings. The molecule has 24 heavy (non-hydrogen) atoms. The molecule has 2 N–H and O–H groups in total. The highest BCUT2D eigenvalue weighted by atomic mass is 32.1. The van der Waals surface area contributed by atoms with Crippen LogP contribution in [0.3, 0.4) is 0 Å². The Labute approximate surface area is 142 Å². The topological polar surface area (TPSA) is 88.3 Å². The normalized spacial score (nSPS) is 10.6. The highest BCUT2D eigenvalue weighted by Crippen LogP contribution is 2.37. The molecule has 0 atom stereocenters. The Kier molecular flexibility index (Phi) is 4.18. The Morgan fingerprint density at radius 2 is 2.00 bits per heavy atom. The lowest BCUT2D eigenvalue weighted by atomic mass is 10.1. The molecule has 3 aromatic rings. The van der Waals surface area contributed by atoms with Crippen LogP contribution < -0.4 is 5.32 Å². The van der Waals surface area contributed by atoms with Gasteiger partial charge in [-0.3, -0.25) is 10.1 Å². The average Bonchev–Trinajstić information content (AvgIpc) is 3.03. The third-order valence-electron chi connectivity index (χ3n) is 3.65. The van der Waals surface area contributed by atoms with E-state index in [4.69, 9.17) is 0 Å². The van der Waals surface area contributed by atoms with Gasteiger partial charge in [0.25, 0.3) is 5.69 Å². The number of nitro groups is 1. The summed E-state index contributed by atoms with van der Waals surface area (Å²) in [6.45, 7) is 1.90. The van der Waals surface area contributed by atoms with Gasteiger partial charge in [-0.2, -0.15) is 0 Å². The zero-order chi connectivity index (χ0) is 17.3. The fraction of sp³-hybridized carbons (Fsp3) is 0.118. The number of aromatic nitrogens is 1. The van der Waals surface area contributed by atoms with Gasteiger partial charge in [-0.05, 0) is 30.7 Å². The van der Waals surface area contributed by atoms with Crippen molar-refractivity contribution in [1.82, 2.24) is 4.98 Å².